The van der Waals surface area contributed by atoms with Gasteiger partial charge in [-0.25, -0.2) is 9.80 Å². The highest BCUT2D eigenvalue weighted by Gasteiger charge is 2.31. The van der Waals surface area contributed by atoms with E-state index in [0.717, 1.165) is 11.1 Å². The molecule has 1 aliphatic rings. The summed E-state index contributed by atoms with van der Waals surface area (Å²) in [7, 11) is 0. The Kier molecular flexibility index (Phi) is 3.05. The van der Waals surface area contributed by atoms with E-state index in [4.69, 9.17) is 9.52 Å². The molecule has 1 aromatic rings. The molecule has 1 aromatic heterocycles. The van der Waals surface area contributed by atoms with Crippen LogP contribution in [-0.4, -0.2) is 23.3 Å². The fourth-order valence-electron chi connectivity index (χ4n) is 1.96. The largest absolute Gasteiger partial charge is 0.404 e. The van der Waals surface area contributed by atoms with E-state index in [9.17, 15) is 4.79 Å². The Morgan fingerprint density at radius 2 is 2.31 bits per heavy atom. The van der Waals surface area contributed by atoms with Gasteiger partial charge in [0.25, 0.3) is 0 Å². The number of nitrogens with one attached hydrogen (secondary N) is 1. The Morgan fingerprint density at radius 3 is 2.94 bits per heavy atom. The molecule has 1 unspecified atom stereocenters. The molecule has 16 heavy (non-hydrogen) atoms. The summed E-state index contributed by atoms with van der Waals surface area (Å²) in [5.41, 5.74) is 4.43. The number of rotatable bonds is 2. The fraction of sp³-hybridized carbons (Fsp3) is 0.500. The lowest BCUT2D eigenvalue weighted by atomic mass is 10.1. The van der Waals surface area contributed by atoms with Crippen molar-refractivity contribution in [3.8, 4) is 0 Å². The van der Waals surface area contributed by atoms with Crippen LogP contribution in [0, 0.1) is 6.92 Å². The van der Waals surface area contributed by atoms with Crippen molar-refractivity contribution < 1.29 is 9.52 Å². The summed E-state index contributed by atoms with van der Waals surface area (Å²) in [5.74, 6) is 0.478. The Labute approximate surface area is 101 Å². The second-order valence-electron chi connectivity index (χ2n) is 3.78. The van der Waals surface area contributed by atoms with Crippen LogP contribution in [-0.2, 0) is 0 Å². The van der Waals surface area contributed by atoms with Gasteiger partial charge in [-0.3, -0.25) is 5.43 Å². The predicted octanol–water partition coefficient (Wildman–Crippen LogP) is 1.41. The lowest BCUT2D eigenvalue weighted by molar-refractivity contribution is 0.196. The lowest BCUT2D eigenvalue weighted by Gasteiger charge is -2.19. The van der Waals surface area contributed by atoms with E-state index in [1.165, 1.54) is 0 Å². The van der Waals surface area contributed by atoms with Gasteiger partial charge >= 0.3 is 5.63 Å². The van der Waals surface area contributed by atoms with Crippen molar-refractivity contribution in [2.75, 3.05) is 18.6 Å². The summed E-state index contributed by atoms with van der Waals surface area (Å²) >= 11 is 3.22. The molecule has 2 heterocycles. The van der Waals surface area contributed by atoms with Gasteiger partial charge in [0, 0.05) is 12.1 Å². The fourth-order valence-corrected chi connectivity index (χ4v) is 2.26. The number of aliphatic hydroxyl groups excluding tert-OH is 1. The quantitative estimate of drug-likeness (QED) is 0.861. The number of hydrogen-bond acceptors (Lipinski definition) is 5. The zero-order valence-electron chi connectivity index (χ0n) is 9.08. The standard InChI is InChI=1S/C10H13BrN2O3/c1-5-7-6(2)13(3-4-14)12-9(7)16-10(15)8(5)11/h6,12,14H,3-4H2,1-2H3. The van der Waals surface area contributed by atoms with Crippen molar-refractivity contribution in [3.05, 3.63) is 26.0 Å². The topological polar surface area (TPSA) is 65.7 Å². The number of β-amino-alcohol motifs (C(OH)–C–C–N with tert-alkyl or cyclic N) is 1. The lowest BCUT2D eigenvalue weighted by Crippen LogP contribution is -2.29. The number of halogens is 1. The average molecular weight is 289 g/mol. The molecular weight excluding hydrogens is 276 g/mol. The maximum absolute atomic E-state index is 11.4. The van der Waals surface area contributed by atoms with Crippen molar-refractivity contribution in [1.82, 2.24) is 5.01 Å². The number of fused-ring (bicyclic) bond motifs is 1. The van der Waals surface area contributed by atoms with Crippen LogP contribution in [0.25, 0.3) is 0 Å². The molecule has 0 spiro atoms. The van der Waals surface area contributed by atoms with E-state index < -0.39 is 0 Å². The van der Waals surface area contributed by atoms with E-state index in [1.807, 2.05) is 18.9 Å². The molecule has 0 saturated carbocycles. The highest BCUT2D eigenvalue weighted by molar-refractivity contribution is 9.10. The number of aliphatic hydroxyl groups is 1. The minimum atomic E-state index is -0.387. The molecule has 2 N–H and O–H groups in total. The van der Waals surface area contributed by atoms with Crippen LogP contribution in [0.5, 0.6) is 0 Å². The first-order chi connectivity index (χ1) is 7.56. The van der Waals surface area contributed by atoms with Gasteiger partial charge < -0.3 is 9.52 Å². The summed E-state index contributed by atoms with van der Waals surface area (Å²) in [6.45, 7) is 4.40. The molecule has 5 nitrogen and oxygen atoms in total. The average Bonchev–Trinajstić information content (AvgIpc) is 2.53. The summed E-state index contributed by atoms with van der Waals surface area (Å²) in [4.78, 5) is 11.4. The molecule has 0 fully saturated rings. The van der Waals surface area contributed by atoms with Crippen LogP contribution in [0.1, 0.15) is 24.1 Å². The van der Waals surface area contributed by atoms with Crippen LogP contribution in [0.15, 0.2) is 13.7 Å². The highest BCUT2D eigenvalue weighted by Crippen LogP contribution is 2.37. The Balaban J connectivity index is 2.48. The van der Waals surface area contributed by atoms with Gasteiger partial charge in [0.05, 0.1) is 12.6 Å². The molecule has 0 saturated heterocycles. The minimum absolute atomic E-state index is 0.0514. The summed E-state index contributed by atoms with van der Waals surface area (Å²) in [5, 5.41) is 10.8. The summed E-state index contributed by atoms with van der Waals surface area (Å²) < 4.78 is 5.61. The molecule has 1 atom stereocenters. The van der Waals surface area contributed by atoms with Crippen molar-refractivity contribution in [1.29, 1.82) is 0 Å². The smallest absolute Gasteiger partial charge is 0.352 e. The van der Waals surface area contributed by atoms with Gasteiger partial charge in [-0.2, -0.15) is 0 Å². The minimum Gasteiger partial charge on any atom is -0.404 e. The Hall–Kier alpha value is -0.850. The third-order valence-electron chi connectivity index (χ3n) is 2.82. The van der Waals surface area contributed by atoms with Crippen LogP contribution >= 0.6 is 15.9 Å². The third-order valence-corrected chi connectivity index (χ3v) is 3.74. The maximum Gasteiger partial charge on any atom is 0.352 e. The van der Waals surface area contributed by atoms with Gasteiger partial charge in [-0.05, 0) is 35.3 Å². The SMILES string of the molecule is Cc1c2c(oc(=O)c1Br)NN(CCO)C2C. The van der Waals surface area contributed by atoms with Crippen LogP contribution < -0.4 is 11.1 Å². The Bertz CT molecular complexity index is 472. The van der Waals surface area contributed by atoms with Gasteiger partial charge in [0.1, 0.15) is 4.47 Å². The molecule has 0 bridgehead atoms. The number of hydrogen-bond donors (Lipinski definition) is 2. The van der Waals surface area contributed by atoms with E-state index >= 15 is 0 Å². The van der Waals surface area contributed by atoms with Crippen LogP contribution in [0.3, 0.4) is 0 Å². The molecule has 6 heteroatoms. The molecule has 1 aliphatic heterocycles. The van der Waals surface area contributed by atoms with E-state index in [1.54, 1.807) is 0 Å². The molecule has 2 rings (SSSR count). The summed E-state index contributed by atoms with van der Waals surface area (Å²) in [6, 6.07) is 0.0720. The first-order valence-electron chi connectivity index (χ1n) is 5.03. The van der Waals surface area contributed by atoms with Crippen molar-refractivity contribution >= 4 is 21.8 Å². The van der Waals surface area contributed by atoms with Crippen LogP contribution in [0.2, 0.25) is 0 Å². The molecule has 88 valence electrons. The maximum atomic E-state index is 11.4. The zero-order valence-corrected chi connectivity index (χ0v) is 10.7. The molecule has 0 aliphatic carbocycles. The Morgan fingerprint density at radius 1 is 1.62 bits per heavy atom. The van der Waals surface area contributed by atoms with Crippen LogP contribution in [0.4, 0.5) is 5.88 Å². The first kappa shape index (κ1) is 11.6. The monoisotopic (exact) mass is 288 g/mol. The number of hydrazine groups is 1. The second-order valence-corrected chi connectivity index (χ2v) is 4.57. The first-order valence-corrected chi connectivity index (χ1v) is 5.82. The van der Waals surface area contributed by atoms with E-state index in [-0.39, 0.29) is 18.3 Å². The molecule has 0 radical (unpaired) electrons. The van der Waals surface area contributed by atoms with Gasteiger partial charge in [0.15, 0.2) is 0 Å². The number of anilines is 1. The van der Waals surface area contributed by atoms with Crippen molar-refractivity contribution in [2.24, 2.45) is 0 Å². The van der Waals surface area contributed by atoms with Crippen molar-refractivity contribution in [3.63, 3.8) is 0 Å². The second kappa shape index (κ2) is 4.20. The third kappa shape index (κ3) is 1.66. The zero-order chi connectivity index (χ0) is 11.9. The number of nitrogens with zero attached hydrogens (tertiary/aromatic N) is 1. The summed E-state index contributed by atoms with van der Waals surface area (Å²) in [6.07, 6.45) is 0. The van der Waals surface area contributed by atoms with E-state index in [2.05, 4.69) is 21.4 Å². The van der Waals surface area contributed by atoms with Crippen molar-refractivity contribution in [2.45, 2.75) is 19.9 Å². The van der Waals surface area contributed by atoms with Gasteiger partial charge in [0.2, 0.25) is 5.88 Å². The van der Waals surface area contributed by atoms with Gasteiger partial charge in [-0.15, -0.1) is 0 Å². The predicted molar refractivity (Wildman–Crippen MR) is 63.2 cm³/mol. The van der Waals surface area contributed by atoms with Gasteiger partial charge in [-0.1, -0.05) is 0 Å². The normalized spacial score (nSPS) is 19.6. The van der Waals surface area contributed by atoms with E-state index in [0.29, 0.717) is 16.9 Å². The molecule has 0 aromatic carbocycles. The molecular formula is C10H13BrN2O3. The highest BCUT2D eigenvalue weighted by atomic mass is 79.9. The molecule has 0 amide bonds.